The van der Waals surface area contributed by atoms with Gasteiger partial charge in [0.15, 0.2) is 5.82 Å². The van der Waals surface area contributed by atoms with E-state index in [9.17, 15) is 4.79 Å². The number of amides is 1. The van der Waals surface area contributed by atoms with E-state index < -0.39 is 0 Å². The fourth-order valence-corrected chi connectivity index (χ4v) is 4.98. The molecule has 4 aromatic rings. The van der Waals surface area contributed by atoms with Crippen molar-refractivity contribution in [1.82, 2.24) is 24.3 Å². The molecule has 4 heterocycles. The number of aromatic nitrogens is 3. The molecule has 0 spiro atoms. The van der Waals surface area contributed by atoms with E-state index in [4.69, 9.17) is 5.26 Å². The zero-order valence-electron chi connectivity index (χ0n) is 19.8. The third-order valence-corrected chi connectivity index (χ3v) is 7.03. The molecular weight excluding hydrogens is 436 g/mol. The summed E-state index contributed by atoms with van der Waals surface area (Å²) in [6.45, 7) is 6.79. The van der Waals surface area contributed by atoms with Crippen LogP contribution in [-0.2, 0) is 6.54 Å². The van der Waals surface area contributed by atoms with E-state index in [1.54, 1.807) is 6.20 Å². The summed E-state index contributed by atoms with van der Waals surface area (Å²) in [5.74, 6) is 0.839. The first-order chi connectivity index (χ1) is 17.0. The number of carbonyl (C=O) groups excluding carboxylic acids is 1. The van der Waals surface area contributed by atoms with Crippen molar-refractivity contribution < 1.29 is 4.79 Å². The van der Waals surface area contributed by atoms with Gasteiger partial charge in [-0.25, -0.2) is 4.98 Å². The van der Waals surface area contributed by atoms with Crippen molar-refractivity contribution in [2.24, 2.45) is 0 Å². The Balaban J connectivity index is 1.32. The van der Waals surface area contributed by atoms with E-state index in [0.29, 0.717) is 23.7 Å². The second-order valence-electron chi connectivity index (χ2n) is 9.61. The first-order valence-corrected chi connectivity index (χ1v) is 11.9. The lowest BCUT2D eigenvalue weighted by atomic mass is 10.0. The highest BCUT2D eigenvalue weighted by molar-refractivity contribution is 5.95. The van der Waals surface area contributed by atoms with Crippen LogP contribution in [0.1, 0.15) is 35.3 Å². The highest BCUT2D eigenvalue weighted by Gasteiger charge is 2.30. The van der Waals surface area contributed by atoms with E-state index in [2.05, 4.69) is 56.5 Å². The van der Waals surface area contributed by atoms with Crippen molar-refractivity contribution in [1.29, 1.82) is 5.26 Å². The van der Waals surface area contributed by atoms with E-state index in [-0.39, 0.29) is 11.9 Å². The van der Waals surface area contributed by atoms with E-state index >= 15 is 0 Å². The van der Waals surface area contributed by atoms with E-state index in [1.165, 1.54) is 0 Å². The second-order valence-corrected chi connectivity index (χ2v) is 9.61. The third-order valence-electron chi connectivity index (χ3n) is 7.03. The Hall–Kier alpha value is -4.15. The van der Waals surface area contributed by atoms with Gasteiger partial charge in [0.1, 0.15) is 0 Å². The van der Waals surface area contributed by atoms with Gasteiger partial charge < -0.3 is 9.88 Å². The van der Waals surface area contributed by atoms with Gasteiger partial charge in [0, 0.05) is 55.4 Å². The van der Waals surface area contributed by atoms with Crippen molar-refractivity contribution in [2.75, 3.05) is 13.1 Å². The molecule has 0 atom stereocenters. The Morgan fingerprint density at radius 3 is 2.66 bits per heavy atom. The normalized spacial score (nSPS) is 14.9. The quantitative estimate of drug-likeness (QED) is 0.437. The van der Waals surface area contributed by atoms with Crippen LogP contribution < -0.4 is 5.32 Å². The van der Waals surface area contributed by atoms with Gasteiger partial charge >= 0.3 is 0 Å². The Bertz CT molecular complexity index is 1460. The summed E-state index contributed by atoms with van der Waals surface area (Å²) in [5, 5.41) is 12.3. The van der Waals surface area contributed by atoms with Crippen molar-refractivity contribution >= 4 is 5.91 Å². The van der Waals surface area contributed by atoms with Crippen LogP contribution in [0.2, 0.25) is 0 Å². The zero-order chi connectivity index (χ0) is 24.1. The van der Waals surface area contributed by atoms with Crippen molar-refractivity contribution in [2.45, 2.75) is 32.5 Å². The highest BCUT2D eigenvalue weighted by Crippen LogP contribution is 2.34. The zero-order valence-corrected chi connectivity index (χ0v) is 19.8. The Labute approximate surface area is 204 Å². The number of benzene rings is 2. The molecule has 6 rings (SSSR count). The van der Waals surface area contributed by atoms with Crippen LogP contribution in [0, 0.1) is 11.3 Å². The number of carbonyl (C=O) groups is 1. The van der Waals surface area contributed by atoms with Gasteiger partial charge in [-0.15, -0.1) is 0 Å². The molecule has 0 unspecified atom stereocenters. The number of nitrogens with one attached hydrogen (secondary N) is 1. The van der Waals surface area contributed by atoms with E-state index in [1.807, 2.05) is 48.7 Å². The third kappa shape index (κ3) is 3.72. The average molecular weight is 463 g/mol. The van der Waals surface area contributed by atoms with Gasteiger partial charge in [0.25, 0.3) is 5.91 Å². The number of hydrogen-bond donors (Lipinski definition) is 1. The number of fused-ring (bicyclic) bond motifs is 5. The van der Waals surface area contributed by atoms with Gasteiger partial charge in [-0.1, -0.05) is 12.1 Å². The minimum atomic E-state index is -0.0256. The molecule has 2 aromatic heterocycles. The Morgan fingerprint density at radius 2 is 1.91 bits per heavy atom. The molecule has 0 radical (unpaired) electrons. The van der Waals surface area contributed by atoms with Crippen LogP contribution in [0.4, 0.5) is 0 Å². The summed E-state index contributed by atoms with van der Waals surface area (Å²) in [6, 6.07) is 18.5. The average Bonchev–Trinajstić information content (AvgIpc) is 3.46. The van der Waals surface area contributed by atoms with Gasteiger partial charge in [-0.2, -0.15) is 5.26 Å². The molecule has 1 N–H and O–H groups in total. The summed E-state index contributed by atoms with van der Waals surface area (Å²) in [6.07, 6.45) is 5.89. The predicted molar refractivity (Wildman–Crippen MR) is 134 cm³/mol. The predicted octanol–water partition coefficient (Wildman–Crippen LogP) is 4.06. The lowest BCUT2D eigenvalue weighted by Gasteiger charge is -2.42. The number of imidazole rings is 1. The topological polar surface area (TPSA) is 78.9 Å². The van der Waals surface area contributed by atoms with Gasteiger partial charge in [0.05, 0.1) is 29.1 Å². The van der Waals surface area contributed by atoms with E-state index in [0.717, 1.165) is 47.0 Å². The number of hydrogen-bond acceptors (Lipinski definition) is 4. The maximum Gasteiger partial charge on any atom is 0.251 e. The van der Waals surface area contributed by atoms with Crippen LogP contribution in [0.5, 0.6) is 0 Å². The molecular formula is C28H26N6O. The SMILES string of the molecule is CC(C)N1CC(NC(=O)c2ccc3c(c2)Cn2cc(-c4ccc(C#N)cc4)cc2-c2nccn2-3)C1. The second kappa shape index (κ2) is 8.26. The lowest BCUT2D eigenvalue weighted by molar-refractivity contribution is 0.0714. The lowest BCUT2D eigenvalue weighted by Crippen LogP contribution is -2.61. The number of nitrogens with zero attached hydrogens (tertiary/aromatic N) is 5. The molecule has 2 aromatic carbocycles. The highest BCUT2D eigenvalue weighted by atomic mass is 16.1. The van der Waals surface area contributed by atoms with Crippen LogP contribution in [0.15, 0.2) is 67.1 Å². The minimum Gasteiger partial charge on any atom is -0.347 e. The maximum absolute atomic E-state index is 13.0. The molecule has 7 nitrogen and oxygen atoms in total. The van der Waals surface area contributed by atoms with Crippen LogP contribution in [0.25, 0.3) is 28.3 Å². The fourth-order valence-electron chi connectivity index (χ4n) is 4.98. The summed E-state index contributed by atoms with van der Waals surface area (Å²) >= 11 is 0. The van der Waals surface area contributed by atoms with Gasteiger partial charge in [0.2, 0.25) is 0 Å². The molecule has 1 fully saturated rings. The molecule has 1 saturated heterocycles. The molecule has 7 heteroatoms. The van der Waals surface area contributed by atoms with Crippen molar-refractivity contribution in [3.05, 3.63) is 83.8 Å². The van der Waals surface area contributed by atoms with Crippen LogP contribution >= 0.6 is 0 Å². The first kappa shape index (κ1) is 21.4. The summed E-state index contributed by atoms with van der Waals surface area (Å²) < 4.78 is 4.27. The number of nitriles is 1. The smallest absolute Gasteiger partial charge is 0.251 e. The van der Waals surface area contributed by atoms with Crippen LogP contribution in [-0.4, -0.2) is 50.1 Å². The molecule has 2 aliphatic heterocycles. The Morgan fingerprint density at radius 1 is 1.11 bits per heavy atom. The van der Waals surface area contributed by atoms with Gasteiger partial charge in [-0.3, -0.25) is 14.3 Å². The molecule has 0 aliphatic carbocycles. The first-order valence-electron chi connectivity index (χ1n) is 11.9. The minimum absolute atomic E-state index is 0.0256. The largest absolute Gasteiger partial charge is 0.347 e. The summed E-state index contributed by atoms with van der Waals surface area (Å²) in [7, 11) is 0. The standard InChI is InChI=1S/C28H26N6O/c1-18(2)32-16-24(17-32)31-28(35)21-7-8-25-23(11-21)15-33-14-22(20-5-3-19(13-29)4-6-20)12-26(33)27-30-9-10-34(25)27/h3-12,14,18,24H,15-17H2,1-2H3,(H,31,35). The maximum atomic E-state index is 13.0. The molecule has 1 amide bonds. The number of likely N-dealkylation sites (tertiary alicyclic amines) is 1. The molecule has 2 aliphatic rings. The molecule has 0 bridgehead atoms. The monoisotopic (exact) mass is 462 g/mol. The van der Waals surface area contributed by atoms with Gasteiger partial charge in [-0.05, 0) is 61.4 Å². The fraction of sp³-hybridized carbons (Fsp3) is 0.250. The number of rotatable bonds is 4. The molecule has 0 saturated carbocycles. The molecule has 174 valence electrons. The summed E-state index contributed by atoms with van der Waals surface area (Å²) in [4.78, 5) is 20.0. The molecule has 35 heavy (non-hydrogen) atoms. The van der Waals surface area contributed by atoms with Crippen molar-refractivity contribution in [3.63, 3.8) is 0 Å². The van der Waals surface area contributed by atoms with Crippen molar-refractivity contribution in [3.8, 4) is 34.4 Å². The summed E-state index contributed by atoms with van der Waals surface area (Å²) in [5.41, 5.74) is 6.55. The van der Waals surface area contributed by atoms with Crippen LogP contribution in [0.3, 0.4) is 0 Å². The Kier molecular flexibility index (Phi) is 5.05.